The molecule has 0 radical (unpaired) electrons. The Morgan fingerprint density at radius 2 is 2.08 bits per heavy atom. The normalized spacial score (nSPS) is 15.8. The predicted octanol–water partition coefficient (Wildman–Crippen LogP) is 3.95. The fourth-order valence-corrected chi connectivity index (χ4v) is 3.42. The fraction of sp³-hybridized carbons (Fsp3) is 0.300. The van der Waals surface area contributed by atoms with Gasteiger partial charge in [0.2, 0.25) is 5.88 Å². The molecule has 1 atom stereocenters. The number of pyridine rings is 2. The van der Waals surface area contributed by atoms with Crippen molar-refractivity contribution in [3.05, 3.63) is 66.1 Å². The zero-order chi connectivity index (χ0) is 17.1. The van der Waals surface area contributed by atoms with Crippen molar-refractivity contribution in [2.45, 2.75) is 38.7 Å². The molecule has 3 aromatic rings. The van der Waals surface area contributed by atoms with Gasteiger partial charge in [0.1, 0.15) is 12.9 Å². The predicted molar refractivity (Wildman–Crippen MR) is 95.2 cm³/mol. The summed E-state index contributed by atoms with van der Waals surface area (Å²) < 4.78 is 5.96. The lowest BCUT2D eigenvalue weighted by Crippen LogP contribution is -2.03. The van der Waals surface area contributed by atoms with Crippen molar-refractivity contribution in [3.63, 3.8) is 0 Å². The molecule has 0 saturated carbocycles. The minimum absolute atomic E-state index is 0.411. The highest BCUT2D eigenvalue weighted by Gasteiger charge is 2.27. The summed E-state index contributed by atoms with van der Waals surface area (Å²) in [6.07, 6.45) is 10.3. The summed E-state index contributed by atoms with van der Waals surface area (Å²) in [5, 5.41) is 0. The van der Waals surface area contributed by atoms with Gasteiger partial charge in [-0.25, -0.2) is 15.0 Å². The number of ether oxygens (including phenoxy) is 1. The van der Waals surface area contributed by atoms with E-state index in [0.29, 0.717) is 18.4 Å². The molecular weight excluding hydrogens is 312 g/mol. The van der Waals surface area contributed by atoms with Crippen LogP contribution in [0.5, 0.6) is 5.88 Å². The van der Waals surface area contributed by atoms with Crippen LogP contribution in [0.3, 0.4) is 0 Å². The second kappa shape index (κ2) is 6.97. The van der Waals surface area contributed by atoms with Gasteiger partial charge in [0, 0.05) is 36.1 Å². The average Bonchev–Trinajstić information content (AvgIpc) is 3.10. The summed E-state index contributed by atoms with van der Waals surface area (Å²) in [6.45, 7) is 2.63. The van der Waals surface area contributed by atoms with Crippen LogP contribution in [0.4, 0.5) is 0 Å². The number of aromatic nitrogens is 4. The number of rotatable bonds is 5. The maximum absolute atomic E-state index is 5.96. The van der Waals surface area contributed by atoms with Crippen molar-refractivity contribution in [2.75, 3.05) is 0 Å². The molecule has 0 bridgehead atoms. The van der Waals surface area contributed by atoms with Crippen LogP contribution in [0.25, 0.3) is 11.1 Å². The van der Waals surface area contributed by atoms with E-state index in [1.807, 2.05) is 36.7 Å². The van der Waals surface area contributed by atoms with Crippen LogP contribution >= 0.6 is 0 Å². The number of fused-ring (bicyclic) bond motifs is 1. The summed E-state index contributed by atoms with van der Waals surface area (Å²) in [5.74, 6) is 1.14. The quantitative estimate of drug-likeness (QED) is 0.708. The Balaban J connectivity index is 1.70. The SMILES string of the molecule is CCC1CCc2c(-c3cncnc3)cc(OCc3ccccn3)nc21. The van der Waals surface area contributed by atoms with Gasteiger partial charge in [-0.05, 0) is 42.5 Å². The fourth-order valence-electron chi connectivity index (χ4n) is 3.42. The molecule has 0 aliphatic heterocycles. The second-order valence-electron chi connectivity index (χ2n) is 6.25. The Morgan fingerprint density at radius 3 is 2.84 bits per heavy atom. The first-order valence-electron chi connectivity index (χ1n) is 8.67. The maximum atomic E-state index is 5.96. The van der Waals surface area contributed by atoms with E-state index in [2.05, 4.69) is 21.9 Å². The highest BCUT2D eigenvalue weighted by molar-refractivity contribution is 5.69. The molecule has 0 aromatic carbocycles. The smallest absolute Gasteiger partial charge is 0.214 e. The van der Waals surface area contributed by atoms with E-state index in [0.717, 1.165) is 36.1 Å². The van der Waals surface area contributed by atoms with Crippen LogP contribution in [0.2, 0.25) is 0 Å². The van der Waals surface area contributed by atoms with Gasteiger partial charge < -0.3 is 4.74 Å². The monoisotopic (exact) mass is 332 g/mol. The first-order chi connectivity index (χ1) is 12.3. The molecule has 4 rings (SSSR count). The topological polar surface area (TPSA) is 60.8 Å². The molecule has 5 heteroatoms. The van der Waals surface area contributed by atoms with E-state index in [1.165, 1.54) is 11.3 Å². The van der Waals surface area contributed by atoms with Crippen LogP contribution < -0.4 is 4.74 Å². The lowest BCUT2D eigenvalue weighted by atomic mass is 10.00. The molecule has 0 spiro atoms. The van der Waals surface area contributed by atoms with Crippen LogP contribution in [-0.2, 0) is 13.0 Å². The van der Waals surface area contributed by atoms with E-state index >= 15 is 0 Å². The highest BCUT2D eigenvalue weighted by atomic mass is 16.5. The molecule has 3 heterocycles. The summed E-state index contributed by atoms with van der Waals surface area (Å²) in [6, 6.07) is 7.82. The molecule has 5 nitrogen and oxygen atoms in total. The van der Waals surface area contributed by atoms with Crippen LogP contribution in [0.1, 0.15) is 42.6 Å². The first-order valence-corrected chi connectivity index (χ1v) is 8.67. The Morgan fingerprint density at radius 1 is 1.20 bits per heavy atom. The molecule has 3 aromatic heterocycles. The van der Waals surface area contributed by atoms with Gasteiger partial charge in [0.25, 0.3) is 0 Å². The average molecular weight is 332 g/mol. The maximum Gasteiger partial charge on any atom is 0.214 e. The minimum Gasteiger partial charge on any atom is -0.471 e. The van der Waals surface area contributed by atoms with E-state index < -0.39 is 0 Å². The molecule has 1 unspecified atom stereocenters. The number of hydrogen-bond donors (Lipinski definition) is 0. The van der Waals surface area contributed by atoms with Crippen molar-refractivity contribution in [1.82, 2.24) is 19.9 Å². The van der Waals surface area contributed by atoms with E-state index in [9.17, 15) is 0 Å². The highest BCUT2D eigenvalue weighted by Crippen LogP contribution is 2.40. The molecule has 25 heavy (non-hydrogen) atoms. The standard InChI is InChI=1S/C20H20N4O/c1-2-14-6-7-17-18(15-10-21-13-22-11-15)9-19(24-20(14)17)25-12-16-5-3-4-8-23-16/h3-5,8-11,13-14H,2,6-7,12H2,1H3. The molecular formula is C20H20N4O. The van der Waals surface area contributed by atoms with Gasteiger partial charge in [0.05, 0.1) is 11.4 Å². The first kappa shape index (κ1) is 15.7. The Kier molecular flexibility index (Phi) is 4.37. The lowest BCUT2D eigenvalue weighted by molar-refractivity contribution is 0.288. The molecule has 1 aliphatic rings. The molecule has 126 valence electrons. The van der Waals surface area contributed by atoms with Crippen molar-refractivity contribution in [2.24, 2.45) is 0 Å². The summed E-state index contributed by atoms with van der Waals surface area (Å²) in [7, 11) is 0. The van der Waals surface area contributed by atoms with Gasteiger partial charge >= 0.3 is 0 Å². The number of nitrogens with zero attached hydrogens (tertiary/aromatic N) is 4. The van der Waals surface area contributed by atoms with Crippen LogP contribution in [0.15, 0.2) is 49.2 Å². The molecule has 0 N–H and O–H groups in total. The minimum atomic E-state index is 0.411. The van der Waals surface area contributed by atoms with Crippen LogP contribution in [-0.4, -0.2) is 19.9 Å². The molecule has 0 amide bonds. The third kappa shape index (κ3) is 3.22. The second-order valence-corrected chi connectivity index (χ2v) is 6.25. The van der Waals surface area contributed by atoms with Crippen molar-refractivity contribution in [1.29, 1.82) is 0 Å². The zero-order valence-corrected chi connectivity index (χ0v) is 14.2. The van der Waals surface area contributed by atoms with E-state index in [1.54, 1.807) is 12.5 Å². The lowest BCUT2D eigenvalue weighted by Gasteiger charge is -2.14. The molecule has 1 aliphatic carbocycles. The van der Waals surface area contributed by atoms with E-state index in [4.69, 9.17) is 9.72 Å². The van der Waals surface area contributed by atoms with Gasteiger partial charge in [-0.1, -0.05) is 13.0 Å². The van der Waals surface area contributed by atoms with Crippen molar-refractivity contribution < 1.29 is 4.74 Å². The number of hydrogen-bond acceptors (Lipinski definition) is 5. The largest absolute Gasteiger partial charge is 0.471 e. The zero-order valence-electron chi connectivity index (χ0n) is 14.2. The summed E-state index contributed by atoms with van der Waals surface area (Å²) in [4.78, 5) is 17.5. The third-order valence-electron chi connectivity index (χ3n) is 4.72. The Labute approximate surface area is 147 Å². The van der Waals surface area contributed by atoms with E-state index in [-0.39, 0.29) is 0 Å². The van der Waals surface area contributed by atoms with Crippen molar-refractivity contribution in [3.8, 4) is 17.0 Å². The Bertz CT molecular complexity index is 852. The summed E-state index contributed by atoms with van der Waals surface area (Å²) in [5.41, 5.74) is 5.52. The van der Waals surface area contributed by atoms with Crippen molar-refractivity contribution >= 4 is 0 Å². The summed E-state index contributed by atoms with van der Waals surface area (Å²) >= 11 is 0. The van der Waals surface area contributed by atoms with Gasteiger partial charge in [-0.3, -0.25) is 4.98 Å². The molecule has 0 fully saturated rings. The van der Waals surface area contributed by atoms with Gasteiger partial charge in [0.15, 0.2) is 0 Å². The van der Waals surface area contributed by atoms with Crippen LogP contribution in [0, 0.1) is 0 Å². The Hall–Kier alpha value is -2.82. The van der Waals surface area contributed by atoms with Gasteiger partial charge in [-0.15, -0.1) is 0 Å². The van der Waals surface area contributed by atoms with Gasteiger partial charge in [-0.2, -0.15) is 0 Å². The third-order valence-corrected chi connectivity index (χ3v) is 4.72. The molecule has 0 saturated heterocycles.